The molecule has 1 aliphatic heterocycles. The number of ether oxygens (including phenoxy) is 1. The molecule has 2 heterocycles. The van der Waals surface area contributed by atoms with Crippen LogP contribution in [0.15, 0.2) is 12.4 Å². The van der Waals surface area contributed by atoms with E-state index in [-0.39, 0.29) is 0 Å². The molecule has 5 nitrogen and oxygen atoms in total. The average molecular weight is 238 g/mol. The van der Waals surface area contributed by atoms with E-state index in [1.165, 1.54) is 5.56 Å². The molecule has 0 radical (unpaired) electrons. The Labute approximate surface area is 103 Å². The Balaban J connectivity index is 1.77. The summed E-state index contributed by atoms with van der Waals surface area (Å²) in [6, 6.07) is 0.319. The summed E-state index contributed by atoms with van der Waals surface area (Å²) in [5.74, 6) is 0. The number of hydrogen-bond donors (Lipinski definition) is 1. The molecular weight excluding hydrogens is 216 g/mol. The first kappa shape index (κ1) is 12.5. The van der Waals surface area contributed by atoms with E-state index < -0.39 is 0 Å². The van der Waals surface area contributed by atoms with Crippen LogP contribution in [0.2, 0.25) is 0 Å². The van der Waals surface area contributed by atoms with Crippen molar-refractivity contribution in [2.75, 3.05) is 33.3 Å². The maximum Gasteiger partial charge on any atom is 0.0826 e. The zero-order valence-electron chi connectivity index (χ0n) is 10.9. The fourth-order valence-corrected chi connectivity index (χ4v) is 2.08. The first-order valence-corrected chi connectivity index (χ1v) is 6.17. The van der Waals surface area contributed by atoms with Gasteiger partial charge in [0.15, 0.2) is 0 Å². The Kier molecular flexibility index (Phi) is 4.15. The molecule has 17 heavy (non-hydrogen) atoms. The number of likely N-dealkylation sites (N-methyl/N-ethyl adjacent to an activating group) is 1. The molecule has 1 fully saturated rings. The summed E-state index contributed by atoms with van der Waals surface area (Å²) in [4.78, 5) is 2.31. The van der Waals surface area contributed by atoms with Crippen molar-refractivity contribution in [1.82, 2.24) is 20.0 Å². The molecule has 0 spiro atoms. The second kappa shape index (κ2) is 5.62. The number of morpholine rings is 1. The summed E-state index contributed by atoms with van der Waals surface area (Å²) >= 11 is 0. The Morgan fingerprint density at radius 1 is 1.59 bits per heavy atom. The number of aryl methyl sites for hydroxylation is 1. The maximum atomic E-state index is 5.71. The molecule has 0 aliphatic carbocycles. The van der Waals surface area contributed by atoms with Gasteiger partial charge in [-0.15, -0.1) is 0 Å². The molecule has 1 N–H and O–H groups in total. The van der Waals surface area contributed by atoms with Gasteiger partial charge >= 0.3 is 0 Å². The summed E-state index contributed by atoms with van der Waals surface area (Å²) in [5, 5.41) is 7.68. The molecular formula is C12H22N4O. The maximum absolute atomic E-state index is 5.71. The normalized spacial score (nSPS) is 23.8. The molecule has 1 aliphatic rings. The van der Waals surface area contributed by atoms with Crippen LogP contribution in [0.3, 0.4) is 0 Å². The van der Waals surface area contributed by atoms with Gasteiger partial charge in [0.05, 0.1) is 18.9 Å². The highest BCUT2D eigenvalue weighted by Crippen LogP contribution is 2.11. The second-order valence-corrected chi connectivity index (χ2v) is 4.83. The van der Waals surface area contributed by atoms with Gasteiger partial charge in [0.25, 0.3) is 0 Å². The van der Waals surface area contributed by atoms with E-state index >= 15 is 0 Å². The van der Waals surface area contributed by atoms with Crippen LogP contribution in [0.1, 0.15) is 18.5 Å². The van der Waals surface area contributed by atoms with E-state index in [1.807, 2.05) is 24.1 Å². The van der Waals surface area contributed by atoms with Gasteiger partial charge in [-0.25, -0.2) is 0 Å². The standard InChI is InChI=1S/C12H22N4O/c1-10(11-6-14-16(3)8-11)13-7-12-9-15(2)4-5-17-12/h6,8,10,12-13H,4-5,7,9H2,1-3H3. The molecule has 0 aromatic carbocycles. The lowest BCUT2D eigenvalue weighted by Gasteiger charge is -2.30. The monoisotopic (exact) mass is 238 g/mol. The molecule has 2 unspecified atom stereocenters. The summed E-state index contributed by atoms with van der Waals surface area (Å²) < 4.78 is 7.55. The van der Waals surface area contributed by atoms with Crippen LogP contribution in [0, 0.1) is 0 Å². The Bertz CT molecular complexity index is 352. The Morgan fingerprint density at radius 3 is 3.06 bits per heavy atom. The number of aromatic nitrogens is 2. The van der Waals surface area contributed by atoms with Gasteiger partial charge in [-0.2, -0.15) is 5.10 Å². The fourth-order valence-electron chi connectivity index (χ4n) is 2.08. The number of nitrogens with one attached hydrogen (secondary N) is 1. The fraction of sp³-hybridized carbons (Fsp3) is 0.750. The quantitative estimate of drug-likeness (QED) is 0.824. The van der Waals surface area contributed by atoms with Crippen molar-refractivity contribution in [2.24, 2.45) is 7.05 Å². The van der Waals surface area contributed by atoms with Gasteiger partial charge in [-0.3, -0.25) is 4.68 Å². The summed E-state index contributed by atoms with van der Waals surface area (Å²) in [7, 11) is 4.08. The van der Waals surface area contributed by atoms with E-state index in [9.17, 15) is 0 Å². The third-order valence-corrected chi connectivity index (χ3v) is 3.22. The third kappa shape index (κ3) is 3.52. The van der Waals surface area contributed by atoms with Crippen molar-refractivity contribution < 1.29 is 4.74 Å². The minimum Gasteiger partial charge on any atom is -0.374 e. The third-order valence-electron chi connectivity index (χ3n) is 3.22. The van der Waals surface area contributed by atoms with E-state index in [4.69, 9.17) is 4.74 Å². The molecule has 5 heteroatoms. The van der Waals surface area contributed by atoms with Crippen molar-refractivity contribution in [3.05, 3.63) is 18.0 Å². The number of rotatable bonds is 4. The Morgan fingerprint density at radius 2 is 2.41 bits per heavy atom. The lowest BCUT2D eigenvalue weighted by Crippen LogP contribution is -2.45. The van der Waals surface area contributed by atoms with E-state index in [0.29, 0.717) is 12.1 Å². The highest BCUT2D eigenvalue weighted by atomic mass is 16.5. The molecule has 1 aromatic rings. The smallest absolute Gasteiger partial charge is 0.0826 e. The van der Waals surface area contributed by atoms with Crippen molar-refractivity contribution in [3.8, 4) is 0 Å². The molecule has 2 atom stereocenters. The van der Waals surface area contributed by atoms with Gasteiger partial charge in [0, 0.05) is 44.5 Å². The highest BCUT2D eigenvalue weighted by Gasteiger charge is 2.18. The van der Waals surface area contributed by atoms with Crippen LogP contribution in [0.4, 0.5) is 0 Å². The zero-order chi connectivity index (χ0) is 12.3. The van der Waals surface area contributed by atoms with Crippen LogP contribution in [-0.2, 0) is 11.8 Å². The molecule has 2 rings (SSSR count). The topological polar surface area (TPSA) is 42.3 Å². The van der Waals surface area contributed by atoms with Crippen LogP contribution < -0.4 is 5.32 Å². The number of nitrogens with zero attached hydrogens (tertiary/aromatic N) is 3. The lowest BCUT2D eigenvalue weighted by atomic mass is 10.2. The van der Waals surface area contributed by atoms with Gasteiger partial charge in [-0.05, 0) is 14.0 Å². The lowest BCUT2D eigenvalue weighted by molar-refractivity contribution is -0.0190. The predicted octanol–water partition coefficient (Wildman–Crippen LogP) is 0.401. The van der Waals surface area contributed by atoms with Gasteiger partial charge in [-0.1, -0.05) is 0 Å². The van der Waals surface area contributed by atoms with Crippen LogP contribution in [0.5, 0.6) is 0 Å². The average Bonchev–Trinajstić information content (AvgIpc) is 2.73. The largest absolute Gasteiger partial charge is 0.374 e. The van der Waals surface area contributed by atoms with Crippen molar-refractivity contribution in [2.45, 2.75) is 19.1 Å². The molecule has 1 saturated heterocycles. The summed E-state index contributed by atoms with van der Waals surface area (Å²) in [5.41, 5.74) is 1.22. The minimum atomic E-state index is 0.299. The van der Waals surface area contributed by atoms with Crippen LogP contribution in [-0.4, -0.2) is 54.1 Å². The first-order valence-electron chi connectivity index (χ1n) is 6.17. The highest BCUT2D eigenvalue weighted by molar-refractivity contribution is 5.08. The second-order valence-electron chi connectivity index (χ2n) is 4.83. The summed E-state index contributed by atoms with van der Waals surface area (Å²) in [6.07, 6.45) is 4.25. The summed E-state index contributed by atoms with van der Waals surface area (Å²) in [6.45, 7) is 5.93. The minimum absolute atomic E-state index is 0.299. The van der Waals surface area contributed by atoms with Crippen molar-refractivity contribution in [3.63, 3.8) is 0 Å². The predicted molar refractivity (Wildman–Crippen MR) is 66.9 cm³/mol. The van der Waals surface area contributed by atoms with Crippen LogP contribution >= 0.6 is 0 Å². The van der Waals surface area contributed by atoms with Gasteiger partial charge in [0.2, 0.25) is 0 Å². The molecule has 0 amide bonds. The van der Waals surface area contributed by atoms with Crippen molar-refractivity contribution in [1.29, 1.82) is 0 Å². The van der Waals surface area contributed by atoms with Crippen LogP contribution in [0.25, 0.3) is 0 Å². The van der Waals surface area contributed by atoms with E-state index in [1.54, 1.807) is 0 Å². The zero-order valence-corrected chi connectivity index (χ0v) is 10.9. The first-order chi connectivity index (χ1) is 8.15. The van der Waals surface area contributed by atoms with E-state index in [2.05, 4.69) is 29.3 Å². The molecule has 96 valence electrons. The molecule has 0 bridgehead atoms. The van der Waals surface area contributed by atoms with E-state index in [0.717, 1.165) is 26.2 Å². The van der Waals surface area contributed by atoms with Gasteiger partial charge in [0.1, 0.15) is 0 Å². The SMILES string of the molecule is CC(NCC1CN(C)CCO1)c1cnn(C)c1. The van der Waals surface area contributed by atoms with Gasteiger partial charge < -0.3 is 15.0 Å². The molecule has 0 saturated carbocycles. The molecule has 1 aromatic heterocycles. The number of hydrogen-bond acceptors (Lipinski definition) is 4. The van der Waals surface area contributed by atoms with Crippen molar-refractivity contribution >= 4 is 0 Å². The Hall–Kier alpha value is -0.910.